The summed E-state index contributed by atoms with van der Waals surface area (Å²) in [7, 11) is 0. The Morgan fingerprint density at radius 1 is 1.29 bits per heavy atom. The van der Waals surface area contributed by atoms with Gasteiger partial charge in [-0.3, -0.25) is 4.79 Å². The largest absolute Gasteiger partial charge is 0.441 e. The lowest BCUT2D eigenvalue weighted by atomic mass is 10.1. The molecule has 1 aromatic carbocycles. The van der Waals surface area contributed by atoms with Gasteiger partial charge in [-0.15, -0.1) is 0 Å². The lowest BCUT2D eigenvalue weighted by Gasteiger charge is -2.07. The van der Waals surface area contributed by atoms with Crippen molar-refractivity contribution in [2.45, 2.75) is 12.4 Å². The molecule has 0 fully saturated rings. The molecule has 0 atom stereocenters. The van der Waals surface area contributed by atoms with Crippen molar-refractivity contribution in [2.24, 2.45) is 0 Å². The third-order valence-corrected chi connectivity index (χ3v) is 2.70. The van der Waals surface area contributed by atoms with E-state index in [1.165, 1.54) is 0 Å². The number of alkyl halides is 3. The number of hydrogen-bond acceptors (Lipinski definition) is 2. The van der Waals surface area contributed by atoms with Gasteiger partial charge in [-0.2, -0.15) is 13.2 Å². The van der Waals surface area contributed by atoms with Crippen LogP contribution in [0.4, 0.5) is 13.2 Å². The molecule has 0 aliphatic carbocycles. The number of nitrogens with one attached hydrogen (secondary N) is 1. The van der Waals surface area contributed by atoms with Crippen LogP contribution in [0.2, 0.25) is 0 Å². The van der Waals surface area contributed by atoms with Crippen LogP contribution in [0.5, 0.6) is 0 Å². The number of hydrogen-bond donors (Lipinski definition) is 1. The molecule has 1 aromatic rings. The molecule has 17 heavy (non-hydrogen) atoms. The maximum atomic E-state index is 11.8. The van der Waals surface area contributed by atoms with E-state index < -0.39 is 5.51 Å². The summed E-state index contributed by atoms with van der Waals surface area (Å²) < 4.78 is 35.4. The van der Waals surface area contributed by atoms with Gasteiger partial charge in [0.25, 0.3) is 5.91 Å². The molecule has 1 amide bonds. The molecule has 94 valence electrons. The van der Waals surface area contributed by atoms with Gasteiger partial charge >= 0.3 is 5.51 Å². The Morgan fingerprint density at radius 3 is 2.41 bits per heavy atom. The van der Waals surface area contributed by atoms with E-state index in [9.17, 15) is 18.0 Å². The molecular formula is C11H12F3NOS. The summed E-state index contributed by atoms with van der Waals surface area (Å²) in [5, 5.41) is 2.43. The second-order valence-electron chi connectivity index (χ2n) is 3.42. The fourth-order valence-electron chi connectivity index (χ4n) is 1.14. The molecule has 1 rings (SSSR count). The highest BCUT2D eigenvalue weighted by atomic mass is 32.2. The lowest BCUT2D eigenvalue weighted by Crippen LogP contribution is -2.26. The van der Waals surface area contributed by atoms with Gasteiger partial charge in [0.05, 0.1) is 0 Å². The van der Waals surface area contributed by atoms with Gasteiger partial charge in [-0.1, -0.05) is 17.7 Å². The minimum absolute atomic E-state index is 0.00309. The quantitative estimate of drug-likeness (QED) is 0.846. The highest BCUT2D eigenvalue weighted by Gasteiger charge is 2.27. The topological polar surface area (TPSA) is 29.1 Å². The smallest absolute Gasteiger partial charge is 0.351 e. The average Bonchev–Trinajstić information content (AvgIpc) is 2.24. The number of benzene rings is 1. The van der Waals surface area contributed by atoms with Gasteiger partial charge in [0.1, 0.15) is 0 Å². The lowest BCUT2D eigenvalue weighted by molar-refractivity contribution is -0.0327. The zero-order valence-corrected chi connectivity index (χ0v) is 9.99. The van der Waals surface area contributed by atoms with Crippen LogP contribution in [0, 0.1) is 6.92 Å². The van der Waals surface area contributed by atoms with Crippen molar-refractivity contribution < 1.29 is 18.0 Å². The second-order valence-corrected chi connectivity index (χ2v) is 4.58. The minimum Gasteiger partial charge on any atom is -0.351 e. The van der Waals surface area contributed by atoms with Gasteiger partial charge < -0.3 is 5.32 Å². The third-order valence-electron chi connectivity index (χ3n) is 1.97. The summed E-state index contributed by atoms with van der Waals surface area (Å²) in [6, 6.07) is 6.84. The van der Waals surface area contributed by atoms with Crippen LogP contribution in [-0.2, 0) is 0 Å². The van der Waals surface area contributed by atoms with Crippen molar-refractivity contribution in [2.75, 3.05) is 12.3 Å². The van der Waals surface area contributed by atoms with Crippen LogP contribution in [0.25, 0.3) is 0 Å². The van der Waals surface area contributed by atoms with Crippen LogP contribution in [0.1, 0.15) is 15.9 Å². The Balaban J connectivity index is 2.33. The van der Waals surface area contributed by atoms with Gasteiger partial charge in [0.2, 0.25) is 0 Å². The molecule has 0 unspecified atom stereocenters. The highest BCUT2D eigenvalue weighted by Crippen LogP contribution is 2.29. The summed E-state index contributed by atoms with van der Waals surface area (Å²) in [5.41, 5.74) is -2.77. The second kappa shape index (κ2) is 5.95. The number of carbonyl (C=O) groups is 1. The summed E-state index contributed by atoms with van der Waals surface area (Å²) >= 11 is -0.142. The Kier molecular flexibility index (Phi) is 4.86. The molecule has 0 bridgehead atoms. The Bertz CT molecular complexity index is 375. The number of rotatable bonds is 4. The maximum Gasteiger partial charge on any atom is 0.441 e. The molecule has 0 saturated heterocycles. The number of thioether (sulfide) groups is 1. The first-order valence-corrected chi connectivity index (χ1v) is 5.92. The Labute approximate surface area is 102 Å². The van der Waals surface area contributed by atoms with Crippen molar-refractivity contribution in [3.8, 4) is 0 Å². The third kappa shape index (κ3) is 5.63. The monoisotopic (exact) mass is 263 g/mol. The van der Waals surface area contributed by atoms with Crippen LogP contribution in [0.15, 0.2) is 24.3 Å². The molecule has 0 aromatic heterocycles. The number of halogens is 3. The van der Waals surface area contributed by atoms with E-state index in [1.807, 2.05) is 6.92 Å². The molecule has 2 nitrogen and oxygen atoms in total. The first-order valence-electron chi connectivity index (χ1n) is 4.94. The molecule has 0 radical (unpaired) electrons. The normalized spacial score (nSPS) is 11.3. The minimum atomic E-state index is -4.24. The molecule has 0 aliphatic heterocycles. The van der Waals surface area contributed by atoms with Crippen molar-refractivity contribution in [1.82, 2.24) is 5.32 Å². The summed E-state index contributed by atoms with van der Waals surface area (Å²) in [6.45, 7) is 1.89. The van der Waals surface area contributed by atoms with Crippen LogP contribution < -0.4 is 5.32 Å². The molecule has 0 spiro atoms. The van der Waals surface area contributed by atoms with Crippen molar-refractivity contribution in [3.63, 3.8) is 0 Å². The highest BCUT2D eigenvalue weighted by molar-refractivity contribution is 8.00. The van der Waals surface area contributed by atoms with Gasteiger partial charge in [-0.05, 0) is 30.8 Å². The van der Waals surface area contributed by atoms with Gasteiger partial charge in [-0.25, -0.2) is 0 Å². The predicted octanol–water partition coefficient (Wildman–Crippen LogP) is 2.98. The van der Waals surface area contributed by atoms with E-state index in [4.69, 9.17) is 0 Å². The van der Waals surface area contributed by atoms with Crippen molar-refractivity contribution in [3.05, 3.63) is 35.4 Å². The van der Waals surface area contributed by atoms with Gasteiger partial charge in [0, 0.05) is 17.9 Å². The van der Waals surface area contributed by atoms with Crippen molar-refractivity contribution >= 4 is 17.7 Å². The SMILES string of the molecule is Cc1ccc(C(=O)NCCSC(F)(F)F)cc1. The summed E-state index contributed by atoms with van der Waals surface area (Å²) in [4.78, 5) is 11.5. The first-order chi connectivity index (χ1) is 7.88. The fourth-order valence-corrected chi connectivity index (χ4v) is 1.57. The van der Waals surface area contributed by atoms with E-state index in [2.05, 4.69) is 5.32 Å². The standard InChI is InChI=1S/C11H12F3NOS/c1-8-2-4-9(5-3-8)10(16)15-6-7-17-11(12,13)14/h2-5H,6-7H2,1H3,(H,15,16). The van der Waals surface area contributed by atoms with Crippen LogP contribution >= 0.6 is 11.8 Å². The first kappa shape index (κ1) is 13.9. The maximum absolute atomic E-state index is 11.8. The molecule has 0 saturated carbocycles. The Hall–Kier alpha value is -1.17. The Morgan fingerprint density at radius 2 is 1.88 bits per heavy atom. The van der Waals surface area contributed by atoms with Gasteiger partial charge in [0.15, 0.2) is 0 Å². The van der Waals surface area contributed by atoms with E-state index in [1.54, 1.807) is 24.3 Å². The molecule has 1 N–H and O–H groups in total. The van der Waals surface area contributed by atoms with Crippen LogP contribution in [-0.4, -0.2) is 23.7 Å². The van der Waals surface area contributed by atoms with E-state index in [0.717, 1.165) is 5.56 Å². The van der Waals surface area contributed by atoms with Crippen LogP contribution in [0.3, 0.4) is 0 Å². The zero-order chi connectivity index (χ0) is 12.9. The zero-order valence-electron chi connectivity index (χ0n) is 9.17. The molecular weight excluding hydrogens is 251 g/mol. The van der Waals surface area contributed by atoms with E-state index in [0.29, 0.717) is 5.56 Å². The number of aryl methyl sites for hydroxylation is 1. The van der Waals surface area contributed by atoms with E-state index in [-0.39, 0.29) is 30.0 Å². The molecule has 6 heteroatoms. The number of carbonyl (C=O) groups excluding carboxylic acids is 1. The fraction of sp³-hybridized carbons (Fsp3) is 0.364. The van der Waals surface area contributed by atoms with E-state index >= 15 is 0 Å². The average molecular weight is 263 g/mol. The summed E-state index contributed by atoms with van der Waals surface area (Å²) in [6.07, 6.45) is 0. The number of amides is 1. The van der Waals surface area contributed by atoms with Crippen molar-refractivity contribution in [1.29, 1.82) is 0 Å². The predicted molar refractivity (Wildman–Crippen MR) is 62.0 cm³/mol. The summed E-state index contributed by atoms with van der Waals surface area (Å²) in [5.74, 6) is -0.533. The molecule has 0 aliphatic rings. The molecule has 0 heterocycles.